The number of hydrogen-bond donors (Lipinski definition) is 1. The maximum Gasteiger partial charge on any atom is 0.308 e. The number of ether oxygens (including phenoxy) is 2. The zero-order valence-corrected chi connectivity index (χ0v) is 40.5. The molecule has 59 heavy (non-hydrogen) atoms. The van der Waals surface area contributed by atoms with Crippen molar-refractivity contribution in [1.82, 2.24) is 10.2 Å². The first-order valence-corrected chi connectivity index (χ1v) is 26.2. The lowest BCUT2D eigenvalue weighted by molar-refractivity contribution is -0.153. The van der Waals surface area contributed by atoms with Gasteiger partial charge in [0.15, 0.2) is 0 Å². The van der Waals surface area contributed by atoms with Gasteiger partial charge >= 0.3 is 11.9 Å². The number of esters is 2. The number of rotatable bonds is 46. The normalized spacial score (nSPS) is 12.1. The Morgan fingerprint density at radius 1 is 0.407 bits per heavy atom. The van der Waals surface area contributed by atoms with Gasteiger partial charge in [0.25, 0.3) is 0 Å². The third-order valence-corrected chi connectivity index (χ3v) is 12.4. The van der Waals surface area contributed by atoms with Crippen LogP contribution in [0.15, 0.2) is 0 Å². The largest absolute Gasteiger partial charge is 0.464 e. The molecular formula is C52H102N2O5. The van der Waals surface area contributed by atoms with Crippen LogP contribution in [0.5, 0.6) is 0 Å². The second kappa shape index (κ2) is 44.4. The molecule has 0 saturated carbocycles. The molecule has 1 N–H and O–H groups in total. The van der Waals surface area contributed by atoms with Crippen LogP contribution >= 0.6 is 0 Å². The van der Waals surface area contributed by atoms with Crippen LogP contribution in [0, 0.1) is 17.8 Å². The van der Waals surface area contributed by atoms with E-state index in [1.54, 1.807) is 4.90 Å². The highest BCUT2D eigenvalue weighted by Gasteiger charge is 2.25. The van der Waals surface area contributed by atoms with Crippen molar-refractivity contribution >= 4 is 17.8 Å². The van der Waals surface area contributed by atoms with E-state index in [9.17, 15) is 14.4 Å². The average Bonchev–Trinajstić information content (AvgIpc) is 3.24. The van der Waals surface area contributed by atoms with Gasteiger partial charge in [0, 0.05) is 5.92 Å². The van der Waals surface area contributed by atoms with E-state index in [1.807, 2.05) is 6.92 Å². The highest BCUT2D eigenvalue weighted by molar-refractivity contribution is 5.78. The Bertz CT molecular complexity index is 835. The molecule has 0 heterocycles. The molecule has 0 aliphatic heterocycles. The first-order valence-electron chi connectivity index (χ1n) is 26.2. The maximum atomic E-state index is 13.8. The maximum absolute atomic E-state index is 13.8. The Morgan fingerprint density at radius 2 is 0.712 bits per heavy atom. The van der Waals surface area contributed by atoms with E-state index in [0.717, 1.165) is 77.3 Å². The van der Waals surface area contributed by atoms with Gasteiger partial charge in [-0.15, -0.1) is 0 Å². The van der Waals surface area contributed by atoms with Crippen molar-refractivity contribution in [1.29, 1.82) is 0 Å². The third kappa shape index (κ3) is 35.6. The molecule has 0 aliphatic rings. The summed E-state index contributed by atoms with van der Waals surface area (Å²) >= 11 is 0. The topological polar surface area (TPSA) is 84.9 Å². The van der Waals surface area contributed by atoms with Crippen LogP contribution in [0.1, 0.15) is 260 Å². The van der Waals surface area contributed by atoms with Crippen molar-refractivity contribution in [3.63, 3.8) is 0 Å². The van der Waals surface area contributed by atoms with E-state index in [-0.39, 0.29) is 48.8 Å². The Morgan fingerprint density at radius 3 is 1.02 bits per heavy atom. The third-order valence-electron chi connectivity index (χ3n) is 12.4. The zero-order valence-electron chi connectivity index (χ0n) is 40.5. The number of amides is 1. The molecule has 0 aromatic rings. The molecule has 1 unspecified atom stereocenters. The lowest BCUT2D eigenvalue weighted by Gasteiger charge is -2.26. The fourth-order valence-corrected chi connectivity index (χ4v) is 8.29. The van der Waals surface area contributed by atoms with Crippen LogP contribution in [-0.4, -0.2) is 62.1 Å². The van der Waals surface area contributed by atoms with E-state index in [1.165, 1.54) is 154 Å². The smallest absolute Gasteiger partial charge is 0.308 e. The Labute approximate surface area is 367 Å². The van der Waals surface area contributed by atoms with Crippen molar-refractivity contribution in [2.75, 3.05) is 39.4 Å². The zero-order chi connectivity index (χ0) is 43.4. The Hall–Kier alpha value is -1.63. The summed E-state index contributed by atoms with van der Waals surface area (Å²) in [6, 6.07) is 0. The van der Waals surface area contributed by atoms with Crippen LogP contribution in [0.25, 0.3) is 0 Å². The van der Waals surface area contributed by atoms with E-state index in [4.69, 9.17) is 9.47 Å². The van der Waals surface area contributed by atoms with Gasteiger partial charge in [-0.3, -0.25) is 14.4 Å². The van der Waals surface area contributed by atoms with Gasteiger partial charge in [0.1, 0.15) is 13.2 Å². The second-order valence-corrected chi connectivity index (χ2v) is 18.1. The summed E-state index contributed by atoms with van der Waals surface area (Å²) in [5.41, 5.74) is 0. The summed E-state index contributed by atoms with van der Waals surface area (Å²) < 4.78 is 12.0. The molecule has 0 saturated heterocycles. The molecule has 0 fully saturated rings. The number of carbonyl (C=O) groups is 3. The highest BCUT2D eigenvalue weighted by atomic mass is 16.5. The molecule has 7 nitrogen and oxygen atoms in total. The van der Waals surface area contributed by atoms with Crippen LogP contribution in [0.4, 0.5) is 0 Å². The van der Waals surface area contributed by atoms with Gasteiger partial charge < -0.3 is 19.7 Å². The van der Waals surface area contributed by atoms with E-state index >= 15 is 0 Å². The van der Waals surface area contributed by atoms with Gasteiger partial charge in [-0.1, -0.05) is 221 Å². The molecule has 0 aromatic carbocycles. The van der Waals surface area contributed by atoms with E-state index in [0.29, 0.717) is 13.1 Å². The molecule has 350 valence electrons. The lowest BCUT2D eigenvalue weighted by atomic mass is 9.94. The molecule has 0 aromatic heterocycles. The molecule has 1 atom stereocenters. The van der Waals surface area contributed by atoms with Crippen LogP contribution in [0.2, 0.25) is 0 Å². The van der Waals surface area contributed by atoms with Crippen molar-refractivity contribution in [2.24, 2.45) is 17.8 Å². The molecule has 7 heteroatoms. The average molecular weight is 835 g/mol. The fraction of sp³-hybridized carbons (Fsp3) is 0.942. The Kier molecular flexibility index (Phi) is 43.2. The second-order valence-electron chi connectivity index (χ2n) is 18.1. The minimum absolute atomic E-state index is 0.0424. The number of nitrogens with one attached hydrogen (secondary N) is 1. The predicted octanol–water partition coefficient (Wildman–Crippen LogP) is 14.7. The SMILES string of the molecule is CCCCCCCCCC(CCCCCCCCC)C(=O)OCCN(CCOC(=O)C(CCCCCCCCC)CCCCCCCCC)C(=O)C(C)CCNCCC. The van der Waals surface area contributed by atoms with E-state index in [2.05, 4.69) is 39.9 Å². The summed E-state index contributed by atoms with van der Waals surface area (Å²) in [6.07, 6.45) is 39.9. The van der Waals surface area contributed by atoms with Crippen LogP contribution in [0.3, 0.4) is 0 Å². The van der Waals surface area contributed by atoms with Crippen LogP contribution < -0.4 is 5.32 Å². The molecule has 0 aliphatic carbocycles. The van der Waals surface area contributed by atoms with Gasteiger partial charge in [0.2, 0.25) is 5.91 Å². The van der Waals surface area contributed by atoms with Gasteiger partial charge in [-0.05, 0) is 51.6 Å². The van der Waals surface area contributed by atoms with Gasteiger partial charge in [-0.2, -0.15) is 0 Å². The summed E-state index contributed by atoms with van der Waals surface area (Å²) in [4.78, 5) is 42.7. The molecule has 0 rings (SSSR count). The standard InChI is InChI=1S/C52H102N2O5/c1-7-12-16-20-24-28-32-36-48(37-33-29-25-21-17-13-8-2)51(56)58-45-43-54(50(55)47(6)40-42-53-41-11-5)44-46-59-52(57)49(38-34-30-26-22-18-14-9-3)39-35-31-27-23-19-15-10-4/h47-49,53H,7-46H2,1-6H3. The summed E-state index contributed by atoms with van der Waals surface area (Å²) in [7, 11) is 0. The quantitative estimate of drug-likeness (QED) is 0.0486. The predicted molar refractivity (Wildman–Crippen MR) is 253 cm³/mol. The monoisotopic (exact) mass is 835 g/mol. The molecular weight excluding hydrogens is 733 g/mol. The summed E-state index contributed by atoms with van der Waals surface area (Å²) in [5.74, 6) is -0.470. The Balaban J connectivity index is 5.43. The molecule has 0 bridgehead atoms. The first kappa shape index (κ1) is 57.4. The first-order chi connectivity index (χ1) is 28.9. The minimum Gasteiger partial charge on any atom is -0.464 e. The number of hydrogen-bond acceptors (Lipinski definition) is 6. The summed E-state index contributed by atoms with van der Waals surface area (Å²) in [6.45, 7) is 15.9. The van der Waals surface area contributed by atoms with Gasteiger partial charge in [-0.25, -0.2) is 0 Å². The number of unbranched alkanes of at least 4 members (excludes halogenated alkanes) is 24. The molecule has 1 amide bonds. The fourth-order valence-electron chi connectivity index (χ4n) is 8.29. The minimum atomic E-state index is -0.171. The number of nitrogens with zero attached hydrogens (tertiary/aromatic N) is 1. The van der Waals surface area contributed by atoms with Gasteiger partial charge in [0.05, 0.1) is 24.9 Å². The number of carbonyl (C=O) groups excluding carboxylic acids is 3. The van der Waals surface area contributed by atoms with Crippen molar-refractivity contribution < 1.29 is 23.9 Å². The molecule has 0 spiro atoms. The summed E-state index contributed by atoms with van der Waals surface area (Å²) in [5, 5.41) is 3.43. The highest BCUT2D eigenvalue weighted by Crippen LogP contribution is 2.23. The van der Waals surface area contributed by atoms with Crippen molar-refractivity contribution in [3.8, 4) is 0 Å². The van der Waals surface area contributed by atoms with Crippen molar-refractivity contribution in [3.05, 3.63) is 0 Å². The molecule has 0 radical (unpaired) electrons. The van der Waals surface area contributed by atoms with Crippen molar-refractivity contribution in [2.45, 2.75) is 260 Å². The van der Waals surface area contributed by atoms with E-state index < -0.39 is 0 Å². The van der Waals surface area contributed by atoms with Crippen LogP contribution in [-0.2, 0) is 23.9 Å². The lowest BCUT2D eigenvalue weighted by Crippen LogP contribution is -2.41.